The van der Waals surface area contributed by atoms with Gasteiger partial charge in [-0.3, -0.25) is 4.79 Å². The van der Waals surface area contributed by atoms with Crippen LogP contribution in [0.25, 0.3) is 0 Å². The fraction of sp³-hybridized carbons (Fsp3) is 0.545. The molecule has 88 valence electrons. The first-order valence-electron chi connectivity index (χ1n) is 5.26. The van der Waals surface area contributed by atoms with Crippen LogP contribution in [0.15, 0.2) is 16.3 Å². The van der Waals surface area contributed by atoms with Crippen LogP contribution in [0.2, 0.25) is 0 Å². The van der Waals surface area contributed by atoms with Crippen LogP contribution in [0.5, 0.6) is 0 Å². The van der Waals surface area contributed by atoms with Gasteiger partial charge in [-0.2, -0.15) is 11.8 Å². The molecule has 0 aromatic carbocycles. The lowest BCUT2D eigenvalue weighted by Crippen LogP contribution is -2.45. The Balaban J connectivity index is 1.88. The first-order chi connectivity index (χ1) is 7.65. The van der Waals surface area contributed by atoms with Crippen molar-refractivity contribution in [2.45, 2.75) is 28.9 Å². The molecule has 0 saturated heterocycles. The molecule has 0 radical (unpaired) electrons. The molecule has 1 fully saturated rings. The Bertz CT molecular complexity index is 379. The number of thiophene rings is 1. The number of carbonyl (C=O) groups excluding carboxylic acids is 1. The molecule has 2 nitrogen and oxygen atoms in total. The maximum atomic E-state index is 11.8. The van der Waals surface area contributed by atoms with Crippen LogP contribution in [0.1, 0.15) is 28.9 Å². The van der Waals surface area contributed by atoms with Crippen LogP contribution in [0.3, 0.4) is 0 Å². The average Bonchev–Trinajstić information content (AvgIpc) is 2.64. The quantitative estimate of drug-likeness (QED) is 0.826. The van der Waals surface area contributed by atoms with Gasteiger partial charge in [0.05, 0.1) is 4.88 Å². The van der Waals surface area contributed by atoms with Gasteiger partial charge in [0.25, 0.3) is 5.91 Å². The standard InChI is InChI=1S/C11H15NOS3/c1-15-11(3-2-4-11)7-12-10(13)9-5-8(14)6-16-9/h5-6,14H,2-4,7H2,1H3,(H,12,13). The Morgan fingerprint density at radius 2 is 2.44 bits per heavy atom. The van der Waals surface area contributed by atoms with Crippen LogP contribution in [0, 0.1) is 0 Å². The minimum Gasteiger partial charge on any atom is -0.350 e. The van der Waals surface area contributed by atoms with Gasteiger partial charge in [0.1, 0.15) is 0 Å². The van der Waals surface area contributed by atoms with Crippen LogP contribution >= 0.6 is 35.7 Å². The van der Waals surface area contributed by atoms with Crippen LogP contribution in [-0.2, 0) is 0 Å². The van der Waals surface area contributed by atoms with E-state index < -0.39 is 0 Å². The third-order valence-corrected chi connectivity index (χ3v) is 5.86. The Kier molecular flexibility index (Phi) is 3.87. The summed E-state index contributed by atoms with van der Waals surface area (Å²) in [7, 11) is 0. The molecule has 1 amide bonds. The minimum absolute atomic E-state index is 0.0330. The minimum atomic E-state index is 0.0330. The van der Waals surface area contributed by atoms with Crippen molar-refractivity contribution in [2.75, 3.05) is 12.8 Å². The molecule has 0 aliphatic heterocycles. The highest BCUT2D eigenvalue weighted by atomic mass is 32.2. The summed E-state index contributed by atoms with van der Waals surface area (Å²) in [6.07, 6.45) is 5.85. The molecule has 1 aliphatic rings. The number of carbonyl (C=O) groups is 1. The van der Waals surface area contributed by atoms with Gasteiger partial charge < -0.3 is 5.32 Å². The molecule has 16 heavy (non-hydrogen) atoms. The second-order valence-corrected chi connectivity index (χ2v) is 6.79. The van der Waals surface area contributed by atoms with Crippen molar-refractivity contribution in [3.05, 3.63) is 16.3 Å². The highest BCUT2D eigenvalue weighted by molar-refractivity contribution is 8.00. The van der Waals surface area contributed by atoms with Crippen molar-refractivity contribution in [3.63, 3.8) is 0 Å². The number of hydrogen-bond acceptors (Lipinski definition) is 4. The Morgan fingerprint density at radius 3 is 2.88 bits per heavy atom. The number of thioether (sulfide) groups is 1. The third-order valence-electron chi connectivity index (χ3n) is 3.08. The molecule has 0 spiro atoms. The smallest absolute Gasteiger partial charge is 0.261 e. The largest absolute Gasteiger partial charge is 0.350 e. The maximum Gasteiger partial charge on any atom is 0.261 e. The zero-order chi connectivity index (χ0) is 11.6. The molecule has 1 aromatic heterocycles. The Labute approximate surface area is 110 Å². The van der Waals surface area contributed by atoms with Crippen molar-refractivity contribution in [3.8, 4) is 0 Å². The van der Waals surface area contributed by atoms with E-state index in [2.05, 4.69) is 24.2 Å². The first-order valence-corrected chi connectivity index (χ1v) is 7.81. The summed E-state index contributed by atoms with van der Waals surface area (Å²) in [6, 6.07) is 1.82. The van der Waals surface area contributed by atoms with Crippen molar-refractivity contribution in [2.24, 2.45) is 0 Å². The van der Waals surface area contributed by atoms with E-state index >= 15 is 0 Å². The summed E-state index contributed by atoms with van der Waals surface area (Å²) in [4.78, 5) is 13.4. The van der Waals surface area contributed by atoms with Crippen molar-refractivity contribution in [1.82, 2.24) is 5.32 Å². The number of thiol groups is 1. The van der Waals surface area contributed by atoms with Crippen molar-refractivity contribution < 1.29 is 4.79 Å². The van der Waals surface area contributed by atoms with Gasteiger partial charge in [-0.25, -0.2) is 0 Å². The highest BCUT2D eigenvalue weighted by Gasteiger charge is 2.36. The molecule has 1 N–H and O–H groups in total. The van der Waals surface area contributed by atoms with E-state index in [1.165, 1.54) is 30.6 Å². The summed E-state index contributed by atoms with van der Waals surface area (Å²) in [5, 5.41) is 4.90. The molecule has 2 rings (SSSR count). The van der Waals surface area contributed by atoms with Gasteiger partial charge in [-0.1, -0.05) is 6.42 Å². The SMILES string of the molecule is CSC1(CNC(=O)c2cc(S)cs2)CCC1. The van der Waals surface area contributed by atoms with Gasteiger partial charge in [0, 0.05) is 21.6 Å². The van der Waals surface area contributed by atoms with Gasteiger partial charge in [-0.15, -0.1) is 24.0 Å². The van der Waals surface area contributed by atoms with Crippen LogP contribution in [-0.4, -0.2) is 23.5 Å². The fourth-order valence-electron chi connectivity index (χ4n) is 1.80. The monoisotopic (exact) mass is 273 g/mol. The summed E-state index contributed by atoms with van der Waals surface area (Å²) in [5.74, 6) is 0.0330. The lowest BCUT2D eigenvalue weighted by Gasteiger charge is -2.40. The average molecular weight is 273 g/mol. The normalized spacial score (nSPS) is 17.9. The van der Waals surface area contributed by atoms with Crippen LogP contribution in [0.4, 0.5) is 0 Å². The lowest BCUT2D eigenvalue weighted by molar-refractivity contribution is 0.0948. The van der Waals surface area contributed by atoms with E-state index in [9.17, 15) is 4.79 Å². The zero-order valence-electron chi connectivity index (χ0n) is 9.16. The van der Waals surface area contributed by atoms with Crippen molar-refractivity contribution in [1.29, 1.82) is 0 Å². The zero-order valence-corrected chi connectivity index (χ0v) is 11.7. The molecule has 1 saturated carbocycles. The second kappa shape index (κ2) is 5.02. The summed E-state index contributed by atoms with van der Waals surface area (Å²) >= 11 is 7.52. The Hall–Kier alpha value is -0.130. The predicted octanol–water partition coefficient (Wildman–Crippen LogP) is 3.05. The molecular weight excluding hydrogens is 258 g/mol. The van der Waals surface area contributed by atoms with Gasteiger partial charge >= 0.3 is 0 Å². The molecule has 5 heteroatoms. The van der Waals surface area contributed by atoms with E-state index in [0.717, 1.165) is 16.3 Å². The number of nitrogens with one attached hydrogen (secondary N) is 1. The number of hydrogen-bond donors (Lipinski definition) is 2. The second-order valence-electron chi connectivity index (χ2n) is 4.09. The van der Waals surface area contributed by atoms with Gasteiger partial charge in [-0.05, 0) is 25.2 Å². The molecule has 0 bridgehead atoms. The fourth-order valence-corrected chi connectivity index (χ4v) is 3.78. The molecule has 1 heterocycles. The highest BCUT2D eigenvalue weighted by Crippen LogP contribution is 2.42. The van der Waals surface area contributed by atoms with Gasteiger partial charge in [0.2, 0.25) is 0 Å². The summed E-state index contributed by atoms with van der Waals surface area (Å²) in [6.45, 7) is 0.785. The van der Waals surface area contributed by atoms with Crippen LogP contribution < -0.4 is 5.32 Å². The summed E-state index contributed by atoms with van der Waals surface area (Å²) < 4.78 is 0.302. The summed E-state index contributed by atoms with van der Waals surface area (Å²) in [5.41, 5.74) is 0. The topological polar surface area (TPSA) is 29.1 Å². The van der Waals surface area contributed by atoms with Crippen molar-refractivity contribution >= 4 is 41.6 Å². The maximum absolute atomic E-state index is 11.8. The number of amides is 1. The van der Waals surface area contributed by atoms with E-state index in [-0.39, 0.29) is 5.91 Å². The first kappa shape index (κ1) is 12.3. The lowest BCUT2D eigenvalue weighted by atomic mass is 9.84. The van der Waals surface area contributed by atoms with E-state index in [4.69, 9.17) is 0 Å². The van der Waals surface area contributed by atoms with Gasteiger partial charge in [0.15, 0.2) is 0 Å². The Morgan fingerprint density at radius 1 is 1.69 bits per heavy atom. The molecule has 1 aromatic rings. The predicted molar refractivity (Wildman–Crippen MR) is 74.0 cm³/mol. The molecule has 0 atom stereocenters. The molecular formula is C11H15NOS3. The van der Waals surface area contributed by atoms with E-state index in [1.807, 2.05) is 23.2 Å². The van der Waals surface area contributed by atoms with E-state index in [1.54, 1.807) is 0 Å². The molecule has 0 unspecified atom stereocenters. The number of rotatable bonds is 4. The molecule has 1 aliphatic carbocycles. The third kappa shape index (κ3) is 2.57. The van der Waals surface area contributed by atoms with E-state index in [0.29, 0.717) is 4.75 Å².